The Kier molecular flexibility index (Phi) is 6.78. The van der Waals surface area contributed by atoms with Gasteiger partial charge in [0, 0.05) is 25.7 Å². The molecule has 0 aromatic carbocycles. The van der Waals surface area contributed by atoms with E-state index < -0.39 is 5.97 Å². The summed E-state index contributed by atoms with van der Waals surface area (Å²) in [5.74, 6) is -0.472. The van der Waals surface area contributed by atoms with Gasteiger partial charge in [-0.05, 0) is 39.2 Å². The molecule has 116 valence electrons. The monoisotopic (exact) mass is 285 g/mol. The van der Waals surface area contributed by atoms with Gasteiger partial charge in [0.1, 0.15) is 6.54 Å². The Morgan fingerprint density at radius 2 is 2.05 bits per heavy atom. The summed E-state index contributed by atoms with van der Waals surface area (Å²) in [6.45, 7) is 5.92. The molecule has 0 saturated heterocycles. The highest BCUT2D eigenvalue weighted by Crippen LogP contribution is 2.29. The van der Waals surface area contributed by atoms with Crippen molar-refractivity contribution < 1.29 is 14.7 Å². The number of hydrogen-bond donors (Lipinski definition) is 2. The van der Waals surface area contributed by atoms with Crippen LogP contribution in [0.4, 0.5) is 4.79 Å². The third kappa shape index (κ3) is 6.23. The van der Waals surface area contributed by atoms with Gasteiger partial charge in [-0.1, -0.05) is 6.92 Å². The average molecular weight is 285 g/mol. The van der Waals surface area contributed by atoms with Crippen LogP contribution in [0.15, 0.2) is 0 Å². The molecule has 2 amide bonds. The van der Waals surface area contributed by atoms with E-state index in [9.17, 15) is 9.59 Å². The van der Waals surface area contributed by atoms with Gasteiger partial charge in [-0.3, -0.25) is 4.79 Å². The summed E-state index contributed by atoms with van der Waals surface area (Å²) in [6.07, 6.45) is 3.26. The number of carbonyl (C=O) groups is 2. The fourth-order valence-corrected chi connectivity index (χ4v) is 1.98. The summed E-state index contributed by atoms with van der Waals surface area (Å²) >= 11 is 0. The van der Waals surface area contributed by atoms with Crippen LogP contribution in [0.2, 0.25) is 0 Å². The largest absolute Gasteiger partial charge is 0.480 e. The molecule has 1 aliphatic rings. The van der Waals surface area contributed by atoms with Gasteiger partial charge < -0.3 is 20.2 Å². The molecule has 0 bridgehead atoms. The predicted octanol–water partition coefficient (Wildman–Crippen LogP) is 1.22. The van der Waals surface area contributed by atoms with Crippen LogP contribution in [0.25, 0.3) is 0 Å². The van der Waals surface area contributed by atoms with Crippen molar-refractivity contribution in [1.82, 2.24) is 15.1 Å². The van der Waals surface area contributed by atoms with Gasteiger partial charge in [0.05, 0.1) is 0 Å². The van der Waals surface area contributed by atoms with Crippen molar-refractivity contribution in [3.63, 3.8) is 0 Å². The number of hydrogen-bond acceptors (Lipinski definition) is 3. The molecule has 1 atom stereocenters. The Labute approximate surface area is 121 Å². The van der Waals surface area contributed by atoms with Gasteiger partial charge in [-0.25, -0.2) is 4.79 Å². The molecule has 0 radical (unpaired) electrons. The Morgan fingerprint density at radius 3 is 2.55 bits per heavy atom. The second kappa shape index (κ2) is 8.09. The standard InChI is InChI=1S/C14H27N3O3/c1-4-11(2)16(3)8-7-15-14(20)17(10-13(18)19)9-12-5-6-12/h11-12H,4-10H2,1-3H3,(H,15,20)(H,18,19). The third-order valence-electron chi connectivity index (χ3n) is 3.87. The van der Waals surface area contributed by atoms with Crippen molar-refractivity contribution in [2.75, 3.05) is 33.2 Å². The first kappa shape index (κ1) is 16.8. The van der Waals surface area contributed by atoms with Gasteiger partial charge in [0.25, 0.3) is 0 Å². The second-order valence-corrected chi connectivity index (χ2v) is 5.69. The highest BCUT2D eigenvalue weighted by molar-refractivity contribution is 5.80. The van der Waals surface area contributed by atoms with Crippen LogP contribution in [-0.2, 0) is 4.79 Å². The number of carboxylic acids is 1. The number of likely N-dealkylation sites (N-methyl/N-ethyl adjacent to an activating group) is 1. The lowest BCUT2D eigenvalue weighted by atomic mass is 10.2. The third-order valence-corrected chi connectivity index (χ3v) is 3.87. The first-order valence-electron chi connectivity index (χ1n) is 7.38. The minimum atomic E-state index is -0.961. The number of aliphatic carboxylic acids is 1. The van der Waals surface area contributed by atoms with Gasteiger partial charge in [0.15, 0.2) is 0 Å². The fourth-order valence-electron chi connectivity index (χ4n) is 1.98. The molecule has 2 N–H and O–H groups in total. The lowest BCUT2D eigenvalue weighted by Crippen LogP contribution is -2.46. The van der Waals surface area contributed by atoms with Crippen LogP contribution in [-0.4, -0.2) is 66.2 Å². The van der Waals surface area contributed by atoms with E-state index in [1.165, 1.54) is 4.90 Å². The number of urea groups is 1. The lowest BCUT2D eigenvalue weighted by molar-refractivity contribution is -0.137. The van der Waals surface area contributed by atoms with Gasteiger partial charge in [-0.2, -0.15) is 0 Å². The number of carbonyl (C=O) groups excluding carboxylic acids is 1. The first-order chi connectivity index (χ1) is 9.43. The molecule has 0 aromatic rings. The molecule has 1 aliphatic carbocycles. The zero-order valence-corrected chi connectivity index (χ0v) is 12.8. The van der Waals surface area contributed by atoms with Crippen LogP contribution in [0.3, 0.4) is 0 Å². The van der Waals surface area contributed by atoms with Crippen LogP contribution in [0, 0.1) is 5.92 Å². The SMILES string of the molecule is CCC(C)N(C)CCNC(=O)N(CC(=O)O)CC1CC1. The molecular formula is C14H27N3O3. The Balaban J connectivity index is 2.31. The van der Waals surface area contributed by atoms with Crippen molar-refractivity contribution in [3.05, 3.63) is 0 Å². The van der Waals surface area contributed by atoms with E-state index in [-0.39, 0.29) is 12.6 Å². The first-order valence-corrected chi connectivity index (χ1v) is 7.38. The summed E-state index contributed by atoms with van der Waals surface area (Å²) in [6, 6.07) is 0.213. The van der Waals surface area contributed by atoms with E-state index in [1.807, 2.05) is 7.05 Å². The van der Waals surface area contributed by atoms with Crippen molar-refractivity contribution in [2.24, 2.45) is 5.92 Å². The van der Waals surface area contributed by atoms with Crippen LogP contribution >= 0.6 is 0 Å². The minimum Gasteiger partial charge on any atom is -0.480 e. The highest BCUT2D eigenvalue weighted by atomic mass is 16.4. The summed E-state index contributed by atoms with van der Waals surface area (Å²) in [7, 11) is 2.03. The maximum atomic E-state index is 12.0. The van der Waals surface area contributed by atoms with Crippen molar-refractivity contribution in [3.8, 4) is 0 Å². The quantitative estimate of drug-likeness (QED) is 0.668. The maximum absolute atomic E-state index is 12.0. The molecule has 1 rings (SSSR count). The zero-order valence-electron chi connectivity index (χ0n) is 12.8. The summed E-state index contributed by atoms with van der Waals surface area (Å²) in [5, 5.41) is 11.7. The van der Waals surface area contributed by atoms with Gasteiger partial charge in [0.2, 0.25) is 0 Å². The highest BCUT2D eigenvalue weighted by Gasteiger charge is 2.27. The molecular weight excluding hydrogens is 258 g/mol. The normalized spacial score (nSPS) is 16.0. The van der Waals surface area contributed by atoms with E-state index in [0.717, 1.165) is 25.8 Å². The smallest absolute Gasteiger partial charge is 0.323 e. The molecule has 20 heavy (non-hydrogen) atoms. The topological polar surface area (TPSA) is 72.9 Å². The number of nitrogens with zero attached hydrogens (tertiary/aromatic N) is 2. The van der Waals surface area contributed by atoms with Crippen LogP contribution in [0.5, 0.6) is 0 Å². The summed E-state index contributed by atoms with van der Waals surface area (Å²) < 4.78 is 0. The molecule has 0 aliphatic heterocycles. The minimum absolute atomic E-state index is 0.219. The average Bonchev–Trinajstić information content (AvgIpc) is 3.20. The van der Waals surface area contributed by atoms with Gasteiger partial charge >= 0.3 is 12.0 Å². The Bertz CT molecular complexity index is 332. The van der Waals surface area contributed by atoms with E-state index in [2.05, 4.69) is 24.1 Å². The number of nitrogens with one attached hydrogen (secondary N) is 1. The predicted molar refractivity (Wildman–Crippen MR) is 77.7 cm³/mol. The van der Waals surface area contributed by atoms with Gasteiger partial charge in [-0.15, -0.1) is 0 Å². The lowest BCUT2D eigenvalue weighted by Gasteiger charge is -2.25. The fraction of sp³-hybridized carbons (Fsp3) is 0.857. The number of rotatable bonds is 9. The van der Waals surface area contributed by atoms with Crippen LogP contribution < -0.4 is 5.32 Å². The second-order valence-electron chi connectivity index (χ2n) is 5.69. The molecule has 1 fully saturated rings. The molecule has 1 saturated carbocycles. The van der Waals surface area contributed by atoms with E-state index in [1.54, 1.807) is 0 Å². The van der Waals surface area contributed by atoms with Crippen LogP contribution in [0.1, 0.15) is 33.1 Å². The van der Waals surface area contributed by atoms with E-state index in [0.29, 0.717) is 25.0 Å². The molecule has 1 unspecified atom stereocenters. The van der Waals surface area contributed by atoms with E-state index in [4.69, 9.17) is 5.11 Å². The zero-order chi connectivity index (χ0) is 15.1. The molecule has 6 nitrogen and oxygen atoms in total. The molecule has 0 spiro atoms. The van der Waals surface area contributed by atoms with E-state index >= 15 is 0 Å². The van der Waals surface area contributed by atoms with Crippen molar-refractivity contribution in [1.29, 1.82) is 0 Å². The molecule has 0 heterocycles. The maximum Gasteiger partial charge on any atom is 0.323 e. The van der Waals surface area contributed by atoms with Crippen molar-refractivity contribution >= 4 is 12.0 Å². The summed E-state index contributed by atoms with van der Waals surface area (Å²) in [5.41, 5.74) is 0. The number of carboxylic acid groups (broad SMARTS) is 1. The molecule has 6 heteroatoms. The molecule has 0 aromatic heterocycles. The Morgan fingerprint density at radius 1 is 1.40 bits per heavy atom. The summed E-state index contributed by atoms with van der Waals surface area (Å²) in [4.78, 5) is 26.4. The number of amides is 2. The Hall–Kier alpha value is -1.30. The van der Waals surface area contributed by atoms with Crippen molar-refractivity contribution in [2.45, 2.75) is 39.2 Å².